The second-order valence-corrected chi connectivity index (χ2v) is 5.50. The van der Waals surface area contributed by atoms with Crippen LogP contribution >= 0.6 is 0 Å². The van der Waals surface area contributed by atoms with Gasteiger partial charge in [0.05, 0.1) is 5.69 Å². The van der Waals surface area contributed by atoms with E-state index in [2.05, 4.69) is 55.5 Å². The van der Waals surface area contributed by atoms with E-state index in [1.807, 2.05) is 16.9 Å². The molecule has 1 N–H and O–H groups in total. The maximum absolute atomic E-state index is 4.24. The van der Waals surface area contributed by atoms with E-state index in [4.69, 9.17) is 0 Å². The second-order valence-electron chi connectivity index (χ2n) is 5.50. The van der Waals surface area contributed by atoms with Crippen molar-refractivity contribution in [3.8, 4) is 5.69 Å². The van der Waals surface area contributed by atoms with E-state index in [-0.39, 0.29) is 0 Å². The lowest BCUT2D eigenvalue weighted by Gasteiger charge is -2.21. The zero-order chi connectivity index (χ0) is 14.4. The van der Waals surface area contributed by atoms with Crippen molar-refractivity contribution in [2.75, 3.05) is 5.32 Å². The highest BCUT2D eigenvalue weighted by Crippen LogP contribution is 2.18. The molecular formula is C17H25N3. The molecule has 0 spiro atoms. The molecule has 3 nitrogen and oxygen atoms in total. The fourth-order valence-electron chi connectivity index (χ4n) is 2.35. The van der Waals surface area contributed by atoms with Gasteiger partial charge in [0.25, 0.3) is 0 Å². The molecule has 3 heteroatoms. The van der Waals surface area contributed by atoms with Gasteiger partial charge < -0.3 is 5.32 Å². The molecule has 2 atom stereocenters. The monoisotopic (exact) mass is 271 g/mol. The summed E-state index contributed by atoms with van der Waals surface area (Å²) in [6, 6.07) is 11.0. The summed E-state index contributed by atoms with van der Waals surface area (Å²) in [5, 5.41) is 7.88. The molecule has 1 aromatic carbocycles. The zero-order valence-corrected chi connectivity index (χ0v) is 12.7. The standard InChI is InChI=1S/C17H25N3/c1-4-14(3)13-15(5-2)19-16-7-9-17(10-8-16)20-12-6-11-18-20/h6-12,14-15,19H,4-5,13H2,1-3H3. The minimum Gasteiger partial charge on any atom is -0.382 e. The normalized spacial score (nSPS) is 13.9. The van der Waals surface area contributed by atoms with E-state index in [0.29, 0.717) is 6.04 Å². The van der Waals surface area contributed by atoms with Gasteiger partial charge in [0.1, 0.15) is 0 Å². The number of hydrogen-bond donors (Lipinski definition) is 1. The van der Waals surface area contributed by atoms with E-state index in [1.165, 1.54) is 18.5 Å². The third-order valence-corrected chi connectivity index (χ3v) is 3.88. The number of hydrogen-bond acceptors (Lipinski definition) is 2. The molecule has 20 heavy (non-hydrogen) atoms. The Kier molecular flexibility index (Phi) is 5.22. The maximum atomic E-state index is 4.24. The van der Waals surface area contributed by atoms with Gasteiger partial charge in [-0.25, -0.2) is 4.68 Å². The Labute approximate surface area is 122 Å². The summed E-state index contributed by atoms with van der Waals surface area (Å²) >= 11 is 0. The van der Waals surface area contributed by atoms with Crippen LogP contribution in [-0.4, -0.2) is 15.8 Å². The molecular weight excluding hydrogens is 246 g/mol. The summed E-state index contributed by atoms with van der Waals surface area (Å²) < 4.78 is 1.88. The molecule has 1 heterocycles. The SMILES string of the molecule is CCC(C)CC(CC)Nc1ccc(-n2cccn2)cc1. The first-order chi connectivity index (χ1) is 9.72. The van der Waals surface area contributed by atoms with Crippen LogP contribution in [0, 0.1) is 5.92 Å². The minimum atomic E-state index is 0.556. The molecule has 0 radical (unpaired) electrons. The summed E-state index contributed by atoms with van der Waals surface area (Å²) in [7, 11) is 0. The lowest BCUT2D eigenvalue weighted by molar-refractivity contribution is 0.462. The van der Waals surface area contributed by atoms with Crippen molar-refractivity contribution in [3.63, 3.8) is 0 Å². The average Bonchev–Trinajstić information content (AvgIpc) is 3.01. The summed E-state index contributed by atoms with van der Waals surface area (Å²) in [6.07, 6.45) is 7.39. The molecule has 0 saturated carbocycles. The molecule has 0 amide bonds. The van der Waals surface area contributed by atoms with Crippen LogP contribution in [0.25, 0.3) is 5.69 Å². The molecule has 2 rings (SSSR count). The van der Waals surface area contributed by atoms with Gasteiger partial charge in [-0.05, 0) is 49.1 Å². The number of benzene rings is 1. The second kappa shape index (κ2) is 7.13. The fraction of sp³-hybridized carbons (Fsp3) is 0.471. The van der Waals surface area contributed by atoms with Crippen molar-refractivity contribution in [3.05, 3.63) is 42.7 Å². The molecule has 0 fully saturated rings. The smallest absolute Gasteiger partial charge is 0.0647 e. The van der Waals surface area contributed by atoms with Gasteiger partial charge in [-0.1, -0.05) is 27.2 Å². The van der Waals surface area contributed by atoms with E-state index >= 15 is 0 Å². The number of aromatic nitrogens is 2. The van der Waals surface area contributed by atoms with Crippen molar-refractivity contribution >= 4 is 5.69 Å². The van der Waals surface area contributed by atoms with Crippen LogP contribution in [0.3, 0.4) is 0 Å². The van der Waals surface area contributed by atoms with Crippen molar-refractivity contribution in [1.29, 1.82) is 0 Å². The van der Waals surface area contributed by atoms with Gasteiger partial charge in [-0.3, -0.25) is 0 Å². The Hall–Kier alpha value is -1.77. The largest absolute Gasteiger partial charge is 0.382 e. The Balaban J connectivity index is 1.99. The Morgan fingerprint density at radius 3 is 2.45 bits per heavy atom. The van der Waals surface area contributed by atoms with Crippen LogP contribution in [0.5, 0.6) is 0 Å². The quantitative estimate of drug-likeness (QED) is 0.803. The molecule has 2 unspecified atom stereocenters. The van der Waals surface area contributed by atoms with Crippen molar-refractivity contribution in [2.24, 2.45) is 5.92 Å². The van der Waals surface area contributed by atoms with E-state index in [9.17, 15) is 0 Å². The van der Waals surface area contributed by atoms with E-state index in [1.54, 1.807) is 6.20 Å². The fourth-order valence-corrected chi connectivity index (χ4v) is 2.35. The van der Waals surface area contributed by atoms with Crippen molar-refractivity contribution in [1.82, 2.24) is 9.78 Å². The van der Waals surface area contributed by atoms with Crippen LogP contribution in [0.2, 0.25) is 0 Å². The topological polar surface area (TPSA) is 29.9 Å². The zero-order valence-electron chi connectivity index (χ0n) is 12.7. The summed E-state index contributed by atoms with van der Waals surface area (Å²) in [5.41, 5.74) is 2.28. The van der Waals surface area contributed by atoms with Crippen LogP contribution in [-0.2, 0) is 0 Å². The van der Waals surface area contributed by atoms with Crippen LogP contribution < -0.4 is 5.32 Å². The third kappa shape index (κ3) is 3.86. The highest BCUT2D eigenvalue weighted by atomic mass is 15.3. The van der Waals surface area contributed by atoms with E-state index in [0.717, 1.165) is 18.0 Å². The lowest BCUT2D eigenvalue weighted by atomic mass is 9.97. The number of nitrogens with one attached hydrogen (secondary N) is 1. The predicted molar refractivity (Wildman–Crippen MR) is 85.3 cm³/mol. The minimum absolute atomic E-state index is 0.556. The Bertz CT molecular complexity index is 487. The first kappa shape index (κ1) is 14.6. The van der Waals surface area contributed by atoms with Crippen molar-refractivity contribution < 1.29 is 0 Å². The van der Waals surface area contributed by atoms with Gasteiger partial charge in [0.15, 0.2) is 0 Å². The van der Waals surface area contributed by atoms with Gasteiger partial charge in [-0.15, -0.1) is 0 Å². The first-order valence-corrected chi connectivity index (χ1v) is 7.59. The molecule has 0 aliphatic rings. The van der Waals surface area contributed by atoms with Crippen LogP contribution in [0.15, 0.2) is 42.7 Å². The molecule has 0 aliphatic carbocycles. The Morgan fingerprint density at radius 2 is 1.90 bits per heavy atom. The molecule has 0 aliphatic heterocycles. The number of anilines is 1. The highest BCUT2D eigenvalue weighted by Gasteiger charge is 2.10. The van der Waals surface area contributed by atoms with Crippen molar-refractivity contribution in [2.45, 2.75) is 46.1 Å². The number of rotatable bonds is 7. The van der Waals surface area contributed by atoms with Gasteiger partial charge in [0, 0.05) is 24.1 Å². The number of nitrogens with zero attached hydrogens (tertiary/aromatic N) is 2. The van der Waals surface area contributed by atoms with E-state index < -0.39 is 0 Å². The molecule has 2 aromatic rings. The summed E-state index contributed by atoms with van der Waals surface area (Å²) in [5.74, 6) is 0.774. The van der Waals surface area contributed by atoms with Gasteiger partial charge >= 0.3 is 0 Å². The third-order valence-electron chi connectivity index (χ3n) is 3.88. The highest BCUT2D eigenvalue weighted by molar-refractivity contribution is 5.49. The summed E-state index contributed by atoms with van der Waals surface area (Å²) in [6.45, 7) is 6.83. The molecule has 108 valence electrons. The molecule has 0 saturated heterocycles. The van der Waals surface area contributed by atoms with Crippen LogP contribution in [0.4, 0.5) is 5.69 Å². The molecule has 0 bridgehead atoms. The van der Waals surface area contributed by atoms with Gasteiger partial charge in [0.2, 0.25) is 0 Å². The van der Waals surface area contributed by atoms with Crippen LogP contribution in [0.1, 0.15) is 40.0 Å². The average molecular weight is 271 g/mol. The summed E-state index contributed by atoms with van der Waals surface area (Å²) in [4.78, 5) is 0. The lowest BCUT2D eigenvalue weighted by Crippen LogP contribution is -2.21. The first-order valence-electron chi connectivity index (χ1n) is 7.59. The Morgan fingerprint density at radius 1 is 1.15 bits per heavy atom. The van der Waals surface area contributed by atoms with Gasteiger partial charge in [-0.2, -0.15) is 5.10 Å². The predicted octanol–water partition coefficient (Wildman–Crippen LogP) is 4.50. The maximum Gasteiger partial charge on any atom is 0.0647 e. The molecule has 1 aromatic heterocycles.